The first-order valence-electron chi connectivity index (χ1n) is 9.74. The minimum atomic E-state index is -0.0647. The number of β-amino-alcohol motifs (C(OH)–C–C–N with tert-alkyl or cyclic N) is 1. The van der Waals surface area contributed by atoms with Gasteiger partial charge in [0.15, 0.2) is 5.11 Å². The van der Waals surface area contributed by atoms with Crippen molar-refractivity contribution in [2.45, 2.75) is 32.5 Å². The second kappa shape index (κ2) is 8.31. The standard InChI is InChI=1S/C22H25N5OS/c1-15-13-18(16(2)27(15)14-17-6-9-23-10-7-17)21-20(19-5-3-4-8-24-19)25-22(29)26(21)11-12-28/h3-10,13,20-21,28H,11-12,14H2,1-2H3,(H,25,29)/t20-,21-/m0/s1. The molecule has 3 aromatic rings. The summed E-state index contributed by atoms with van der Waals surface area (Å²) in [5.41, 5.74) is 5.74. The molecule has 1 fully saturated rings. The van der Waals surface area contributed by atoms with Crippen LogP contribution in [0.15, 0.2) is 55.0 Å². The minimum Gasteiger partial charge on any atom is -0.395 e. The van der Waals surface area contributed by atoms with E-state index in [9.17, 15) is 5.11 Å². The Morgan fingerprint density at radius 3 is 2.62 bits per heavy atom. The number of thiocarbonyl (C=S) groups is 1. The van der Waals surface area contributed by atoms with Crippen LogP contribution in [0.25, 0.3) is 0 Å². The Labute approximate surface area is 176 Å². The van der Waals surface area contributed by atoms with Crippen LogP contribution in [0.1, 0.15) is 40.3 Å². The number of nitrogens with zero attached hydrogens (tertiary/aromatic N) is 4. The monoisotopic (exact) mass is 407 g/mol. The van der Waals surface area contributed by atoms with Crippen LogP contribution >= 0.6 is 12.2 Å². The molecule has 1 saturated heterocycles. The van der Waals surface area contributed by atoms with Crippen LogP contribution in [0.3, 0.4) is 0 Å². The second-order valence-corrected chi connectivity index (χ2v) is 7.70. The van der Waals surface area contributed by atoms with Crippen LogP contribution in [-0.2, 0) is 6.54 Å². The van der Waals surface area contributed by atoms with Crippen molar-refractivity contribution in [2.75, 3.05) is 13.2 Å². The van der Waals surface area contributed by atoms with Gasteiger partial charge in [-0.2, -0.15) is 0 Å². The summed E-state index contributed by atoms with van der Waals surface area (Å²) in [6, 6.07) is 12.2. The zero-order valence-electron chi connectivity index (χ0n) is 16.6. The van der Waals surface area contributed by atoms with Crippen molar-refractivity contribution in [3.05, 3.63) is 83.2 Å². The lowest BCUT2D eigenvalue weighted by Crippen LogP contribution is -2.32. The van der Waals surface area contributed by atoms with Gasteiger partial charge >= 0.3 is 0 Å². The first kappa shape index (κ1) is 19.5. The summed E-state index contributed by atoms with van der Waals surface area (Å²) in [5, 5.41) is 13.7. The van der Waals surface area contributed by atoms with Crippen molar-refractivity contribution < 1.29 is 5.11 Å². The Balaban J connectivity index is 1.75. The highest BCUT2D eigenvalue weighted by molar-refractivity contribution is 7.80. The van der Waals surface area contributed by atoms with Crippen LogP contribution in [0.2, 0.25) is 0 Å². The van der Waals surface area contributed by atoms with Gasteiger partial charge in [0.1, 0.15) is 0 Å². The highest BCUT2D eigenvalue weighted by Crippen LogP contribution is 2.40. The number of pyridine rings is 2. The normalized spacial score (nSPS) is 18.9. The smallest absolute Gasteiger partial charge is 0.170 e. The van der Waals surface area contributed by atoms with E-state index < -0.39 is 0 Å². The Hall–Kier alpha value is -2.77. The summed E-state index contributed by atoms with van der Waals surface area (Å²) >= 11 is 5.61. The number of nitrogens with one attached hydrogen (secondary N) is 1. The molecule has 0 aromatic carbocycles. The topological polar surface area (TPSA) is 66.2 Å². The number of aryl methyl sites for hydroxylation is 1. The molecule has 0 unspecified atom stereocenters. The quantitative estimate of drug-likeness (QED) is 0.613. The molecule has 150 valence electrons. The van der Waals surface area contributed by atoms with Gasteiger partial charge in [-0.25, -0.2) is 0 Å². The molecule has 0 amide bonds. The van der Waals surface area contributed by atoms with Crippen LogP contribution in [0.5, 0.6) is 0 Å². The number of aromatic nitrogens is 3. The van der Waals surface area contributed by atoms with E-state index in [0.29, 0.717) is 11.7 Å². The largest absolute Gasteiger partial charge is 0.395 e. The van der Waals surface area contributed by atoms with E-state index in [1.54, 1.807) is 6.20 Å². The molecular weight excluding hydrogens is 382 g/mol. The highest BCUT2D eigenvalue weighted by atomic mass is 32.1. The number of aliphatic hydroxyl groups is 1. The van der Waals surface area contributed by atoms with Gasteiger partial charge in [-0.15, -0.1) is 0 Å². The fourth-order valence-corrected chi connectivity index (χ4v) is 4.47. The maximum atomic E-state index is 9.63. The average molecular weight is 408 g/mol. The van der Waals surface area contributed by atoms with E-state index in [-0.39, 0.29) is 18.7 Å². The fourth-order valence-electron chi connectivity index (χ4n) is 4.13. The van der Waals surface area contributed by atoms with E-state index in [1.165, 1.54) is 22.5 Å². The lowest BCUT2D eigenvalue weighted by molar-refractivity contribution is 0.222. The maximum Gasteiger partial charge on any atom is 0.170 e. The van der Waals surface area contributed by atoms with Crippen molar-refractivity contribution in [1.82, 2.24) is 24.8 Å². The lowest BCUT2D eigenvalue weighted by atomic mass is 9.97. The lowest BCUT2D eigenvalue weighted by Gasteiger charge is -2.27. The van der Waals surface area contributed by atoms with Gasteiger partial charge in [0.25, 0.3) is 0 Å². The van der Waals surface area contributed by atoms with E-state index in [1.807, 2.05) is 42.7 Å². The molecule has 0 radical (unpaired) electrons. The third kappa shape index (κ3) is 3.75. The van der Waals surface area contributed by atoms with Crippen LogP contribution in [0.4, 0.5) is 0 Å². The van der Waals surface area contributed by atoms with Gasteiger partial charge in [0, 0.05) is 43.1 Å². The number of hydrogen-bond donors (Lipinski definition) is 2. The molecule has 4 rings (SSSR count). The molecule has 0 saturated carbocycles. The summed E-state index contributed by atoms with van der Waals surface area (Å²) in [6.45, 7) is 5.60. The van der Waals surface area contributed by atoms with Gasteiger partial charge in [-0.1, -0.05) is 6.07 Å². The van der Waals surface area contributed by atoms with Gasteiger partial charge in [-0.05, 0) is 67.5 Å². The van der Waals surface area contributed by atoms with Gasteiger partial charge in [0.2, 0.25) is 0 Å². The summed E-state index contributed by atoms with van der Waals surface area (Å²) in [5.74, 6) is 0. The maximum absolute atomic E-state index is 9.63. The van der Waals surface area contributed by atoms with Crippen molar-refractivity contribution in [3.8, 4) is 0 Å². The molecule has 2 atom stereocenters. The molecule has 3 aromatic heterocycles. The summed E-state index contributed by atoms with van der Waals surface area (Å²) in [6.07, 6.45) is 5.45. The molecule has 4 heterocycles. The second-order valence-electron chi connectivity index (χ2n) is 7.31. The first-order chi connectivity index (χ1) is 14.1. The van der Waals surface area contributed by atoms with E-state index in [4.69, 9.17) is 12.2 Å². The Morgan fingerprint density at radius 2 is 1.93 bits per heavy atom. The highest BCUT2D eigenvalue weighted by Gasteiger charge is 2.40. The van der Waals surface area contributed by atoms with Gasteiger partial charge < -0.3 is 19.9 Å². The molecule has 1 aliphatic heterocycles. The summed E-state index contributed by atoms with van der Waals surface area (Å²) in [4.78, 5) is 10.8. The number of aliphatic hydroxyl groups excluding tert-OH is 1. The van der Waals surface area contributed by atoms with Crippen LogP contribution in [0, 0.1) is 13.8 Å². The van der Waals surface area contributed by atoms with Crippen molar-refractivity contribution in [2.24, 2.45) is 0 Å². The molecule has 7 heteroatoms. The number of rotatable bonds is 6. The molecule has 0 spiro atoms. The fraction of sp³-hybridized carbons (Fsp3) is 0.318. The predicted molar refractivity (Wildman–Crippen MR) is 116 cm³/mol. The Morgan fingerprint density at radius 1 is 1.14 bits per heavy atom. The molecule has 1 aliphatic rings. The van der Waals surface area contributed by atoms with E-state index in [2.05, 4.69) is 44.7 Å². The van der Waals surface area contributed by atoms with E-state index >= 15 is 0 Å². The molecule has 0 bridgehead atoms. The third-order valence-electron chi connectivity index (χ3n) is 5.56. The summed E-state index contributed by atoms with van der Waals surface area (Å²) < 4.78 is 2.32. The zero-order chi connectivity index (χ0) is 20.4. The van der Waals surface area contributed by atoms with Crippen molar-refractivity contribution >= 4 is 17.3 Å². The van der Waals surface area contributed by atoms with Gasteiger partial charge in [0.05, 0.1) is 24.4 Å². The Bertz CT molecular complexity index is 989. The van der Waals surface area contributed by atoms with Crippen molar-refractivity contribution in [1.29, 1.82) is 0 Å². The zero-order valence-corrected chi connectivity index (χ0v) is 17.4. The first-order valence-corrected chi connectivity index (χ1v) is 10.2. The molecule has 2 N–H and O–H groups in total. The third-order valence-corrected chi connectivity index (χ3v) is 5.91. The van der Waals surface area contributed by atoms with Crippen LogP contribution in [-0.4, -0.2) is 42.8 Å². The number of hydrogen-bond acceptors (Lipinski definition) is 4. The predicted octanol–water partition coefficient (Wildman–Crippen LogP) is 2.91. The van der Waals surface area contributed by atoms with Gasteiger partial charge in [-0.3, -0.25) is 9.97 Å². The summed E-state index contributed by atoms with van der Waals surface area (Å²) in [7, 11) is 0. The molecule has 0 aliphatic carbocycles. The Kier molecular flexibility index (Phi) is 5.60. The molecule has 6 nitrogen and oxygen atoms in total. The molecular formula is C22H25N5OS. The van der Waals surface area contributed by atoms with Crippen LogP contribution < -0.4 is 5.32 Å². The minimum absolute atomic E-state index is 0.0260. The van der Waals surface area contributed by atoms with E-state index in [0.717, 1.165) is 12.2 Å². The average Bonchev–Trinajstić information content (AvgIpc) is 3.21. The molecule has 29 heavy (non-hydrogen) atoms. The van der Waals surface area contributed by atoms with Crippen molar-refractivity contribution in [3.63, 3.8) is 0 Å². The SMILES string of the molecule is Cc1cc([C@H]2[C@H](c3ccccn3)NC(=S)N2CCO)c(C)n1Cc1ccncc1.